The molecule has 1 unspecified atom stereocenters. The van der Waals surface area contributed by atoms with Crippen molar-refractivity contribution >= 4 is 22.8 Å². The van der Waals surface area contributed by atoms with Crippen LogP contribution in [0.2, 0.25) is 0 Å². The predicted octanol–water partition coefficient (Wildman–Crippen LogP) is 5.42. The smallest absolute Gasteiger partial charge is 0.251 e. The number of aromatic nitrogens is 3. The lowest BCUT2D eigenvalue weighted by Crippen LogP contribution is -2.50. The molecule has 0 saturated heterocycles. The Kier molecular flexibility index (Phi) is 7.63. The molecular weight excluding hydrogens is 450 g/mol. The van der Waals surface area contributed by atoms with E-state index in [1.165, 1.54) is 38.5 Å². The second-order valence-corrected chi connectivity index (χ2v) is 10.4. The molecule has 2 aliphatic carbocycles. The Hall–Kier alpha value is -3.22. The van der Waals surface area contributed by atoms with E-state index in [0.29, 0.717) is 23.5 Å². The Morgan fingerprint density at radius 1 is 0.944 bits per heavy atom. The van der Waals surface area contributed by atoms with E-state index in [2.05, 4.69) is 15.2 Å². The standard InChI is InChI=1S/C29H37N5O2/c1-21(31-29(36)22-16-18-30-19-17-22)28-32-25-14-8-9-15-26(25)33(28)20-27(35)34(23-10-4-2-5-11-23)24-12-6-3-7-13-24/h8-9,14-19,21,23-24H,2-7,10-13,20H2,1H3,(H,31,36). The van der Waals surface area contributed by atoms with Crippen LogP contribution in [0.5, 0.6) is 0 Å². The SMILES string of the molecule is CC(NC(=O)c1ccncc1)c1nc2ccccc2n1CC(=O)N(C1CCCCC1)C1CCCCC1. The van der Waals surface area contributed by atoms with Crippen LogP contribution in [0, 0.1) is 0 Å². The molecule has 0 radical (unpaired) electrons. The lowest BCUT2D eigenvalue weighted by Gasteiger charge is -2.42. The first-order chi connectivity index (χ1) is 17.6. The Morgan fingerprint density at radius 3 is 2.19 bits per heavy atom. The third-order valence-electron chi connectivity index (χ3n) is 7.88. The lowest BCUT2D eigenvalue weighted by atomic mass is 9.88. The van der Waals surface area contributed by atoms with Crippen LogP contribution in [0.15, 0.2) is 48.8 Å². The van der Waals surface area contributed by atoms with Crippen LogP contribution in [-0.4, -0.2) is 43.3 Å². The van der Waals surface area contributed by atoms with Gasteiger partial charge >= 0.3 is 0 Å². The van der Waals surface area contributed by atoms with Crippen molar-refractivity contribution in [2.75, 3.05) is 0 Å². The number of nitrogens with zero attached hydrogens (tertiary/aromatic N) is 4. The quantitative estimate of drug-likeness (QED) is 0.483. The number of benzene rings is 1. The van der Waals surface area contributed by atoms with Crippen molar-refractivity contribution in [2.24, 2.45) is 0 Å². The molecule has 7 nitrogen and oxygen atoms in total. The Labute approximate surface area is 213 Å². The highest BCUT2D eigenvalue weighted by atomic mass is 16.2. The van der Waals surface area contributed by atoms with Crippen molar-refractivity contribution in [3.05, 3.63) is 60.2 Å². The zero-order chi connectivity index (χ0) is 24.9. The fraction of sp³-hybridized carbons (Fsp3) is 0.517. The van der Waals surface area contributed by atoms with Gasteiger partial charge in [0.1, 0.15) is 12.4 Å². The van der Waals surface area contributed by atoms with Gasteiger partial charge in [0.15, 0.2) is 0 Å². The average molecular weight is 488 g/mol. The van der Waals surface area contributed by atoms with E-state index in [4.69, 9.17) is 4.98 Å². The summed E-state index contributed by atoms with van der Waals surface area (Å²) >= 11 is 0. The van der Waals surface area contributed by atoms with Gasteiger partial charge in [0.05, 0.1) is 17.1 Å². The summed E-state index contributed by atoms with van der Waals surface area (Å²) < 4.78 is 2.02. The van der Waals surface area contributed by atoms with Gasteiger partial charge < -0.3 is 14.8 Å². The fourth-order valence-electron chi connectivity index (χ4n) is 6.08. The third kappa shape index (κ3) is 5.30. The highest BCUT2D eigenvalue weighted by molar-refractivity contribution is 5.94. The van der Waals surface area contributed by atoms with Gasteiger partial charge in [-0.3, -0.25) is 14.6 Å². The van der Waals surface area contributed by atoms with Crippen molar-refractivity contribution < 1.29 is 9.59 Å². The summed E-state index contributed by atoms with van der Waals surface area (Å²) in [6.45, 7) is 2.18. The van der Waals surface area contributed by atoms with Crippen molar-refractivity contribution in [2.45, 2.75) is 95.8 Å². The Bertz CT molecular complexity index is 1160. The second kappa shape index (κ2) is 11.2. The molecule has 2 aromatic heterocycles. The van der Waals surface area contributed by atoms with Crippen LogP contribution >= 0.6 is 0 Å². The minimum atomic E-state index is -0.358. The highest BCUT2D eigenvalue weighted by Crippen LogP contribution is 2.31. The topological polar surface area (TPSA) is 80.1 Å². The van der Waals surface area contributed by atoms with Gasteiger partial charge in [0, 0.05) is 30.0 Å². The van der Waals surface area contributed by atoms with Gasteiger partial charge in [0.25, 0.3) is 5.91 Å². The molecule has 2 aliphatic rings. The van der Waals surface area contributed by atoms with Gasteiger partial charge in [-0.2, -0.15) is 0 Å². The van der Waals surface area contributed by atoms with Crippen LogP contribution in [0.1, 0.15) is 93.4 Å². The molecule has 190 valence electrons. The summed E-state index contributed by atoms with van der Waals surface area (Å²) in [6, 6.07) is 11.6. The first-order valence-electron chi connectivity index (χ1n) is 13.6. The van der Waals surface area contributed by atoms with Crippen molar-refractivity contribution in [1.82, 2.24) is 24.8 Å². The molecule has 2 heterocycles. The molecule has 1 N–H and O–H groups in total. The molecule has 0 aliphatic heterocycles. The minimum absolute atomic E-state index is 0.180. The van der Waals surface area contributed by atoms with Crippen LogP contribution in [0.4, 0.5) is 0 Å². The molecule has 7 heteroatoms. The van der Waals surface area contributed by atoms with Crippen LogP contribution in [-0.2, 0) is 11.3 Å². The maximum absolute atomic E-state index is 14.1. The van der Waals surface area contributed by atoms with Gasteiger partial charge in [-0.15, -0.1) is 0 Å². The molecule has 1 atom stereocenters. The maximum Gasteiger partial charge on any atom is 0.251 e. The first kappa shape index (κ1) is 24.5. The minimum Gasteiger partial charge on any atom is -0.342 e. The predicted molar refractivity (Wildman–Crippen MR) is 140 cm³/mol. The molecule has 5 rings (SSSR count). The summed E-state index contributed by atoms with van der Waals surface area (Å²) in [7, 11) is 0. The van der Waals surface area contributed by atoms with Crippen LogP contribution < -0.4 is 5.32 Å². The lowest BCUT2D eigenvalue weighted by molar-refractivity contribution is -0.138. The summed E-state index contributed by atoms with van der Waals surface area (Å²) in [5.74, 6) is 0.714. The van der Waals surface area contributed by atoms with E-state index in [0.717, 1.165) is 36.7 Å². The summed E-state index contributed by atoms with van der Waals surface area (Å²) in [5.41, 5.74) is 2.32. The van der Waals surface area contributed by atoms with E-state index in [1.54, 1.807) is 24.5 Å². The molecule has 2 amide bonds. The van der Waals surface area contributed by atoms with Crippen LogP contribution in [0.25, 0.3) is 11.0 Å². The number of imidazole rings is 1. The third-order valence-corrected chi connectivity index (χ3v) is 7.88. The number of hydrogen-bond acceptors (Lipinski definition) is 4. The second-order valence-electron chi connectivity index (χ2n) is 10.4. The number of carbonyl (C=O) groups excluding carboxylic acids is 2. The molecular formula is C29H37N5O2. The summed E-state index contributed by atoms with van der Waals surface area (Å²) in [5, 5.41) is 3.07. The first-order valence-corrected chi connectivity index (χ1v) is 13.6. The van der Waals surface area contributed by atoms with Gasteiger partial charge in [-0.25, -0.2) is 4.98 Å². The number of nitrogens with one attached hydrogen (secondary N) is 1. The van der Waals surface area contributed by atoms with E-state index in [9.17, 15) is 9.59 Å². The molecule has 0 bridgehead atoms. The van der Waals surface area contributed by atoms with Gasteiger partial charge in [0.2, 0.25) is 5.91 Å². The number of hydrogen-bond donors (Lipinski definition) is 1. The molecule has 2 fully saturated rings. The van der Waals surface area contributed by atoms with Crippen molar-refractivity contribution in [3.8, 4) is 0 Å². The van der Waals surface area contributed by atoms with Crippen molar-refractivity contribution in [1.29, 1.82) is 0 Å². The zero-order valence-corrected chi connectivity index (χ0v) is 21.2. The van der Waals surface area contributed by atoms with Crippen LogP contribution in [0.3, 0.4) is 0 Å². The Balaban J connectivity index is 1.43. The summed E-state index contributed by atoms with van der Waals surface area (Å²) in [4.78, 5) is 38.0. The molecule has 36 heavy (non-hydrogen) atoms. The van der Waals surface area contributed by atoms with E-state index in [-0.39, 0.29) is 24.4 Å². The number of rotatable bonds is 7. The number of pyridine rings is 1. The number of fused-ring (bicyclic) bond motifs is 1. The van der Waals surface area contributed by atoms with Gasteiger partial charge in [-0.05, 0) is 56.9 Å². The Morgan fingerprint density at radius 2 is 1.56 bits per heavy atom. The molecule has 2 saturated carbocycles. The molecule has 3 aromatic rings. The van der Waals surface area contributed by atoms with Gasteiger partial charge in [-0.1, -0.05) is 50.7 Å². The maximum atomic E-state index is 14.1. The van der Waals surface area contributed by atoms with E-state index in [1.807, 2.05) is 35.8 Å². The fourth-order valence-corrected chi connectivity index (χ4v) is 6.08. The average Bonchev–Trinajstić information content (AvgIpc) is 3.29. The van der Waals surface area contributed by atoms with E-state index >= 15 is 0 Å². The van der Waals surface area contributed by atoms with Crippen molar-refractivity contribution in [3.63, 3.8) is 0 Å². The molecule has 1 aromatic carbocycles. The zero-order valence-electron chi connectivity index (χ0n) is 21.2. The highest BCUT2D eigenvalue weighted by Gasteiger charge is 2.33. The number of para-hydroxylation sites is 2. The number of amides is 2. The summed E-state index contributed by atoms with van der Waals surface area (Å²) in [6.07, 6.45) is 15.0. The normalized spacial score (nSPS) is 18.1. The number of carbonyl (C=O) groups is 2. The largest absolute Gasteiger partial charge is 0.342 e. The monoisotopic (exact) mass is 487 g/mol. The molecule has 0 spiro atoms. The van der Waals surface area contributed by atoms with E-state index < -0.39 is 0 Å².